The summed E-state index contributed by atoms with van der Waals surface area (Å²) in [7, 11) is 0. The second kappa shape index (κ2) is 10.3. The zero-order chi connectivity index (χ0) is 27.1. The van der Waals surface area contributed by atoms with Crippen molar-refractivity contribution >= 4 is 23.2 Å². The number of hydrogen-bond acceptors (Lipinski definition) is 5. The van der Waals surface area contributed by atoms with Crippen molar-refractivity contribution in [3.8, 4) is 16.9 Å². The summed E-state index contributed by atoms with van der Waals surface area (Å²) in [6.45, 7) is 0.0752. The fourth-order valence-electron chi connectivity index (χ4n) is 3.61. The Labute approximate surface area is 216 Å². The van der Waals surface area contributed by atoms with Crippen LogP contribution in [0.25, 0.3) is 16.9 Å². The molecule has 0 spiro atoms. The van der Waals surface area contributed by atoms with Crippen LogP contribution in [0.5, 0.6) is 0 Å². The molecule has 0 radical (unpaired) electrons. The molecule has 0 fully saturated rings. The van der Waals surface area contributed by atoms with Gasteiger partial charge in [-0.2, -0.15) is 13.2 Å². The molecule has 8 nitrogen and oxygen atoms in total. The smallest absolute Gasteiger partial charge is 0.385 e. The molecule has 2 aromatic heterocycles. The maximum atomic E-state index is 14.0. The summed E-state index contributed by atoms with van der Waals surface area (Å²) in [5, 5.41) is 24.3. The molecule has 0 saturated heterocycles. The van der Waals surface area contributed by atoms with Crippen molar-refractivity contribution in [2.24, 2.45) is 0 Å². The first-order chi connectivity index (χ1) is 17.3. The number of aromatic nitrogens is 5. The number of benzene rings is 2. The van der Waals surface area contributed by atoms with Crippen LogP contribution in [0.4, 0.5) is 17.6 Å². The topological polar surface area (TPSA) is 98.1 Å². The number of imidazole rings is 1. The van der Waals surface area contributed by atoms with Gasteiger partial charge in [0.25, 0.3) is 0 Å². The minimum Gasteiger partial charge on any atom is -0.385 e. The lowest BCUT2D eigenvalue weighted by Gasteiger charge is -2.16. The van der Waals surface area contributed by atoms with Crippen molar-refractivity contribution < 1.29 is 27.8 Å². The van der Waals surface area contributed by atoms with Crippen molar-refractivity contribution in [2.75, 3.05) is 0 Å². The zero-order valence-electron chi connectivity index (χ0n) is 19.0. The first-order valence-electron chi connectivity index (χ1n) is 10.7. The Hall–Kier alpha value is -3.19. The summed E-state index contributed by atoms with van der Waals surface area (Å²) >= 11 is 11.6. The monoisotopic (exact) mass is 559 g/mol. The molecule has 0 saturated carbocycles. The van der Waals surface area contributed by atoms with Crippen LogP contribution in [0.1, 0.15) is 24.7 Å². The number of alkyl halides is 3. The lowest BCUT2D eigenvalue weighted by molar-refractivity contribution is -0.207. The van der Waals surface area contributed by atoms with E-state index in [4.69, 9.17) is 23.2 Å². The van der Waals surface area contributed by atoms with E-state index in [0.29, 0.717) is 10.6 Å². The number of aliphatic hydroxyl groups excluding tert-OH is 2. The van der Waals surface area contributed by atoms with Gasteiger partial charge in [-0.1, -0.05) is 35.3 Å². The molecule has 2 heterocycles. The number of hydrogen-bond donors (Lipinski definition) is 2. The van der Waals surface area contributed by atoms with Crippen molar-refractivity contribution in [3.63, 3.8) is 0 Å². The average molecular weight is 560 g/mol. The van der Waals surface area contributed by atoms with E-state index in [1.165, 1.54) is 54.2 Å². The first-order valence-corrected chi connectivity index (χ1v) is 11.5. The molecule has 0 aliphatic rings. The standard InChI is InChI=1S/C23H19Cl2F4N5O3/c1-12(35)21-30-20(31-34(21)15-6-7-16(25)17(26)8-15)11-32-9-18(13-2-4-14(24)5-3-13)33(22(32)37)10-19(36)23(27,28)29/h2-9,12,19,35-36H,10-11H2,1H3/t12-,19-/m0/s1. The van der Waals surface area contributed by atoms with Crippen molar-refractivity contribution in [1.82, 2.24) is 23.9 Å². The van der Waals surface area contributed by atoms with Gasteiger partial charge in [0.05, 0.1) is 29.5 Å². The second-order valence-electron chi connectivity index (χ2n) is 8.17. The van der Waals surface area contributed by atoms with Crippen LogP contribution in [0.3, 0.4) is 0 Å². The predicted octanol–water partition coefficient (Wildman–Crippen LogP) is 4.37. The SMILES string of the molecule is C[C@H](O)c1nc(Cn2cc(-c3ccc(Cl)cc3)n(C[C@H](O)C(F)(F)F)c2=O)nn1-c1ccc(Cl)c(F)c1. The first kappa shape index (κ1) is 26.9. The lowest BCUT2D eigenvalue weighted by Crippen LogP contribution is -2.37. The molecular weight excluding hydrogens is 541 g/mol. The van der Waals surface area contributed by atoms with Gasteiger partial charge in [0.1, 0.15) is 11.9 Å². The van der Waals surface area contributed by atoms with Crippen molar-refractivity contribution in [1.29, 1.82) is 0 Å². The highest BCUT2D eigenvalue weighted by Crippen LogP contribution is 2.26. The summed E-state index contributed by atoms with van der Waals surface area (Å²) in [5.74, 6) is -0.670. The highest BCUT2D eigenvalue weighted by Gasteiger charge is 2.39. The second-order valence-corrected chi connectivity index (χ2v) is 9.02. The Bertz CT molecular complexity index is 1480. The zero-order valence-corrected chi connectivity index (χ0v) is 20.5. The molecule has 2 N–H and O–H groups in total. The van der Waals surface area contributed by atoms with E-state index in [0.717, 1.165) is 15.2 Å². The minimum absolute atomic E-state index is 0.0181. The molecule has 0 aliphatic carbocycles. The Balaban J connectivity index is 1.77. The molecule has 4 aromatic rings. The highest BCUT2D eigenvalue weighted by atomic mass is 35.5. The predicted molar refractivity (Wildman–Crippen MR) is 127 cm³/mol. The molecule has 37 heavy (non-hydrogen) atoms. The molecule has 4 rings (SSSR count). The maximum absolute atomic E-state index is 14.0. The molecule has 0 amide bonds. The van der Waals surface area contributed by atoms with Gasteiger partial charge in [0, 0.05) is 17.3 Å². The van der Waals surface area contributed by atoms with Crippen LogP contribution in [-0.2, 0) is 13.1 Å². The molecule has 2 aromatic carbocycles. The van der Waals surface area contributed by atoms with E-state index < -0.39 is 36.4 Å². The van der Waals surface area contributed by atoms with Gasteiger partial charge in [-0.05, 0) is 36.8 Å². The lowest BCUT2D eigenvalue weighted by atomic mass is 10.1. The van der Waals surface area contributed by atoms with E-state index in [1.807, 2.05) is 0 Å². The fraction of sp³-hybridized carbons (Fsp3) is 0.261. The summed E-state index contributed by atoms with van der Waals surface area (Å²) in [5.41, 5.74) is -0.174. The Morgan fingerprint density at radius 1 is 1.08 bits per heavy atom. The highest BCUT2D eigenvalue weighted by molar-refractivity contribution is 6.31. The molecule has 196 valence electrons. The average Bonchev–Trinajstić information content (AvgIpc) is 3.38. The van der Waals surface area contributed by atoms with Crippen LogP contribution < -0.4 is 5.69 Å². The van der Waals surface area contributed by atoms with Gasteiger partial charge < -0.3 is 10.2 Å². The molecule has 0 bridgehead atoms. The van der Waals surface area contributed by atoms with Gasteiger partial charge in [-0.25, -0.2) is 18.9 Å². The third-order valence-electron chi connectivity index (χ3n) is 5.43. The molecular formula is C23H19Cl2F4N5O3. The molecule has 0 unspecified atom stereocenters. The molecule has 14 heteroatoms. The number of halogens is 6. The number of nitrogens with zero attached hydrogens (tertiary/aromatic N) is 5. The van der Waals surface area contributed by atoms with Crippen molar-refractivity contribution in [3.05, 3.63) is 86.7 Å². The number of aliphatic hydroxyl groups is 2. The summed E-state index contributed by atoms with van der Waals surface area (Å²) in [4.78, 5) is 17.3. The maximum Gasteiger partial charge on any atom is 0.416 e. The van der Waals surface area contributed by atoms with E-state index in [1.54, 1.807) is 0 Å². The Kier molecular flexibility index (Phi) is 7.47. The molecule has 2 atom stereocenters. The largest absolute Gasteiger partial charge is 0.416 e. The van der Waals surface area contributed by atoms with Gasteiger partial charge >= 0.3 is 11.9 Å². The normalized spacial score (nSPS) is 13.6. The fourth-order valence-corrected chi connectivity index (χ4v) is 3.86. The quantitative estimate of drug-likeness (QED) is 0.328. The van der Waals surface area contributed by atoms with Crippen LogP contribution in [-0.4, -0.2) is 46.4 Å². The third-order valence-corrected chi connectivity index (χ3v) is 5.99. The van der Waals surface area contributed by atoms with Crippen LogP contribution in [0.2, 0.25) is 10.0 Å². The third kappa shape index (κ3) is 5.72. The van der Waals surface area contributed by atoms with E-state index in [9.17, 15) is 32.6 Å². The van der Waals surface area contributed by atoms with Crippen LogP contribution in [0.15, 0.2) is 53.5 Å². The van der Waals surface area contributed by atoms with E-state index in [-0.39, 0.29) is 34.6 Å². The van der Waals surface area contributed by atoms with E-state index >= 15 is 0 Å². The van der Waals surface area contributed by atoms with Crippen LogP contribution >= 0.6 is 23.2 Å². The van der Waals surface area contributed by atoms with Gasteiger partial charge in [0.2, 0.25) is 0 Å². The van der Waals surface area contributed by atoms with Gasteiger partial charge in [0.15, 0.2) is 17.8 Å². The summed E-state index contributed by atoms with van der Waals surface area (Å²) in [6, 6.07) is 9.90. The minimum atomic E-state index is -4.95. The summed E-state index contributed by atoms with van der Waals surface area (Å²) < 4.78 is 56.3. The molecule has 0 aliphatic heterocycles. The number of rotatable bonds is 7. The van der Waals surface area contributed by atoms with E-state index in [2.05, 4.69) is 10.1 Å². The van der Waals surface area contributed by atoms with Gasteiger partial charge in [-0.15, -0.1) is 5.10 Å². The summed E-state index contributed by atoms with van der Waals surface area (Å²) in [6.07, 6.45) is -7.56. The van der Waals surface area contributed by atoms with Crippen molar-refractivity contribution in [2.45, 2.75) is 38.4 Å². The van der Waals surface area contributed by atoms with Crippen LogP contribution in [0, 0.1) is 5.82 Å². The Morgan fingerprint density at radius 3 is 2.35 bits per heavy atom. The van der Waals surface area contributed by atoms with Gasteiger partial charge in [-0.3, -0.25) is 9.13 Å². The Morgan fingerprint density at radius 2 is 1.76 bits per heavy atom.